The van der Waals surface area contributed by atoms with Gasteiger partial charge in [0.15, 0.2) is 11.6 Å². The Morgan fingerprint density at radius 3 is 2.62 bits per heavy atom. The van der Waals surface area contributed by atoms with Crippen LogP contribution in [0.25, 0.3) is 0 Å². The van der Waals surface area contributed by atoms with Crippen molar-refractivity contribution in [3.8, 4) is 0 Å². The number of hydrogen-bond donors (Lipinski definition) is 1. The molecular weight excluding hydrogens is 317 g/mol. The van der Waals surface area contributed by atoms with Gasteiger partial charge in [0, 0.05) is 17.8 Å². The van der Waals surface area contributed by atoms with Gasteiger partial charge in [-0.2, -0.15) is 0 Å². The average molecular weight is 332 g/mol. The molecule has 0 saturated carbocycles. The Bertz CT molecular complexity index is 846. The van der Waals surface area contributed by atoms with E-state index in [0.29, 0.717) is 24.3 Å². The molecule has 3 nitrogen and oxygen atoms in total. The summed E-state index contributed by atoms with van der Waals surface area (Å²) in [6.45, 7) is 2.00. The molecule has 124 valence electrons. The van der Waals surface area contributed by atoms with E-state index in [-0.39, 0.29) is 12.1 Å². The topological polar surface area (TPSA) is 41.5 Å². The second-order valence-corrected chi connectivity index (χ2v) is 5.78. The maximum absolute atomic E-state index is 13.6. The zero-order valence-electron chi connectivity index (χ0n) is 13.0. The summed E-state index contributed by atoms with van der Waals surface area (Å²) in [6.07, 6.45) is 1.39. The van der Waals surface area contributed by atoms with Crippen molar-refractivity contribution in [3.05, 3.63) is 58.9 Å². The highest BCUT2D eigenvalue weighted by atomic mass is 19.2. The maximum Gasteiger partial charge on any atom is 0.230 e. The summed E-state index contributed by atoms with van der Waals surface area (Å²) in [4.78, 5) is 16.5. The molecule has 0 aliphatic carbocycles. The van der Waals surface area contributed by atoms with Gasteiger partial charge in [0.2, 0.25) is 5.91 Å². The fourth-order valence-electron chi connectivity index (χ4n) is 2.65. The van der Waals surface area contributed by atoms with Crippen LogP contribution in [-0.4, -0.2) is 11.6 Å². The third kappa shape index (κ3) is 3.48. The maximum atomic E-state index is 13.6. The van der Waals surface area contributed by atoms with Crippen LogP contribution in [0.5, 0.6) is 0 Å². The highest BCUT2D eigenvalue weighted by Gasteiger charge is 2.17. The molecule has 2 aromatic carbocycles. The molecule has 0 aromatic heterocycles. The van der Waals surface area contributed by atoms with E-state index in [1.807, 2.05) is 19.1 Å². The summed E-state index contributed by atoms with van der Waals surface area (Å²) < 4.78 is 39.6. The van der Waals surface area contributed by atoms with Gasteiger partial charge in [-0.15, -0.1) is 0 Å². The van der Waals surface area contributed by atoms with E-state index >= 15 is 0 Å². The van der Waals surface area contributed by atoms with Crippen molar-refractivity contribution >= 4 is 23.0 Å². The number of fused-ring (bicyclic) bond motifs is 1. The van der Waals surface area contributed by atoms with Crippen molar-refractivity contribution in [3.63, 3.8) is 0 Å². The Morgan fingerprint density at radius 1 is 1.08 bits per heavy atom. The molecule has 0 fully saturated rings. The highest BCUT2D eigenvalue weighted by Crippen LogP contribution is 2.27. The van der Waals surface area contributed by atoms with Gasteiger partial charge in [-0.1, -0.05) is 17.7 Å². The molecule has 3 rings (SSSR count). The number of amides is 1. The van der Waals surface area contributed by atoms with Gasteiger partial charge >= 0.3 is 0 Å². The number of aryl methyl sites for hydroxylation is 2. The molecule has 1 N–H and O–H groups in total. The van der Waals surface area contributed by atoms with E-state index in [0.717, 1.165) is 23.2 Å². The Morgan fingerprint density at radius 2 is 1.83 bits per heavy atom. The summed E-state index contributed by atoms with van der Waals surface area (Å²) in [6, 6.07) is 6.94. The van der Waals surface area contributed by atoms with Crippen LogP contribution in [0.3, 0.4) is 0 Å². The summed E-state index contributed by atoms with van der Waals surface area (Å²) >= 11 is 0. The van der Waals surface area contributed by atoms with E-state index in [1.165, 1.54) is 0 Å². The first kappa shape index (κ1) is 16.2. The van der Waals surface area contributed by atoms with Crippen molar-refractivity contribution in [1.29, 1.82) is 0 Å². The number of rotatable bonds is 3. The lowest BCUT2D eigenvalue weighted by Crippen LogP contribution is -2.19. The monoisotopic (exact) mass is 332 g/mol. The molecule has 6 heteroatoms. The molecular formula is C18H15F3N2O. The second kappa shape index (κ2) is 6.47. The fourth-order valence-corrected chi connectivity index (χ4v) is 2.65. The van der Waals surface area contributed by atoms with Crippen molar-refractivity contribution in [2.75, 3.05) is 5.32 Å². The van der Waals surface area contributed by atoms with Crippen LogP contribution in [0.4, 0.5) is 24.5 Å². The number of carbonyl (C=O) groups excluding carboxylic acids is 1. The normalized spacial score (nSPS) is 13.2. The molecule has 0 unspecified atom stereocenters. The first-order valence-corrected chi connectivity index (χ1v) is 7.53. The van der Waals surface area contributed by atoms with Gasteiger partial charge in [-0.05, 0) is 31.4 Å². The molecule has 1 amide bonds. The van der Waals surface area contributed by atoms with E-state index in [9.17, 15) is 18.0 Å². The number of anilines is 1. The number of hydrogen-bond acceptors (Lipinski definition) is 2. The van der Waals surface area contributed by atoms with Gasteiger partial charge in [0.1, 0.15) is 5.82 Å². The van der Waals surface area contributed by atoms with Gasteiger partial charge in [0.25, 0.3) is 0 Å². The Balaban J connectivity index is 1.72. The van der Waals surface area contributed by atoms with Crippen LogP contribution < -0.4 is 5.32 Å². The van der Waals surface area contributed by atoms with Crippen LogP contribution in [-0.2, 0) is 11.2 Å². The Hall–Kier alpha value is -2.63. The average Bonchev–Trinajstić information content (AvgIpc) is 2.52. The minimum atomic E-state index is -1.30. The summed E-state index contributed by atoms with van der Waals surface area (Å²) in [7, 11) is 0. The zero-order chi connectivity index (χ0) is 17.3. The first-order chi connectivity index (χ1) is 11.4. The van der Waals surface area contributed by atoms with Gasteiger partial charge in [-0.3, -0.25) is 9.79 Å². The molecule has 24 heavy (non-hydrogen) atoms. The second-order valence-electron chi connectivity index (χ2n) is 5.78. The van der Waals surface area contributed by atoms with Crippen LogP contribution >= 0.6 is 0 Å². The summed E-state index contributed by atoms with van der Waals surface area (Å²) in [5, 5.41) is 2.26. The van der Waals surface area contributed by atoms with Crippen molar-refractivity contribution < 1.29 is 18.0 Å². The molecule has 1 aliphatic rings. The standard InChI is InChI=1S/C18H15F3N2O/c1-10-2-5-16-11(6-10)3-4-12(22-16)7-18(24)23-17-9-14(20)13(19)8-15(17)21/h2,5-6,8-9H,3-4,7H2,1H3,(H,23,24). The van der Waals surface area contributed by atoms with E-state index in [1.54, 1.807) is 0 Å². The SMILES string of the molecule is Cc1ccc2c(c1)CCC(CC(=O)Nc1cc(F)c(F)cc1F)=N2. The van der Waals surface area contributed by atoms with Gasteiger partial charge in [0.05, 0.1) is 17.8 Å². The minimum absolute atomic E-state index is 0.0221. The van der Waals surface area contributed by atoms with E-state index in [2.05, 4.69) is 16.4 Å². The Labute approximate surface area is 137 Å². The number of benzene rings is 2. The predicted octanol–water partition coefficient (Wildman–Crippen LogP) is 4.46. The van der Waals surface area contributed by atoms with E-state index < -0.39 is 23.4 Å². The summed E-state index contributed by atoms with van der Waals surface area (Å²) in [5.41, 5.74) is 3.40. The zero-order valence-corrected chi connectivity index (χ0v) is 13.0. The van der Waals surface area contributed by atoms with Crippen LogP contribution in [0.1, 0.15) is 24.0 Å². The van der Waals surface area contributed by atoms with Gasteiger partial charge < -0.3 is 5.32 Å². The van der Waals surface area contributed by atoms with Crippen LogP contribution in [0.15, 0.2) is 35.3 Å². The smallest absolute Gasteiger partial charge is 0.230 e. The van der Waals surface area contributed by atoms with Crippen LogP contribution in [0.2, 0.25) is 0 Å². The first-order valence-electron chi connectivity index (χ1n) is 7.53. The molecule has 0 spiro atoms. The third-order valence-corrected chi connectivity index (χ3v) is 3.85. The predicted molar refractivity (Wildman–Crippen MR) is 86.2 cm³/mol. The van der Waals surface area contributed by atoms with Crippen LogP contribution in [0, 0.1) is 24.4 Å². The third-order valence-electron chi connectivity index (χ3n) is 3.85. The molecule has 0 atom stereocenters. The van der Waals surface area contributed by atoms with Gasteiger partial charge in [-0.25, -0.2) is 13.2 Å². The molecule has 0 radical (unpaired) electrons. The molecule has 0 saturated heterocycles. The van der Waals surface area contributed by atoms with E-state index in [4.69, 9.17) is 0 Å². The number of nitrogens with one attached hydrogen (secondary N) is 1. The number of carbonyl (C=O) groups is 1. The Kier molecular flexibility index (Phi) is 4.38. The molecule has 1 heterocycles. The lowest BCUT2D eigenvalue weighted by molar-refractivity contribution is -0.115. The van der Waals surface area contributed by atoms with Crippen molar-refractivity contribution in [2.24, 2.45) is 4.99 Å². The number of nitrogens with zero attached hydrogens (tertiary/aromatic N) is 1. The quantitative estimate of drug-likeness (QED) is 0.829. The van der Waals surface area contributed by atoms with Crippen molar-refractivity contribution in [1.82, 2.24) is 0 Å². The fraction of sp³-hybridized carbons (Fsp3) is 0.222. The largest absolute Gasteiger partial charge is 0.323 e. The van der Waals surface area contributed by atoms with Crippen molar-refractivity contribution in [2.45, 2.75) is 26.2 Å². The molecule has 0 bridgehead atoms. The lowest BCUT2D eigenvalue weighted by atomic mass is 9.98. The lowest BCUT2D eigenvalue weighted by Gasteiger charge is -2.16. The molecule has 2 aromatic rings. The summed E-state index contributed by atoms with van der Waals surface area (Å²) in [5.74, 6) is -4.05. The molecule has 1 aliphatic heterocycles. The highest BCUT2D eigenvalue weighted by molar-refractivity contribution is 6.07. The number of halogens is 3. The number of aliphatic imine (C=N–C) groups is 1. The minimum Gasteiger partial charge on any atom is -0.323 e.